The minimum atomic E-state index is -4.53. The van der Waals surface area contributed by atoms with E-state index in [4.69, 9.17) is 10.00 Å². The van der Waals surface area contributed by atoms with E-state index >= 15 is 0 Å². The Hall–Kier alpha value is -3.98. The molecule has 1 aliphatic carbocycles. The van der Waals surface area contributed by atoms with Crippen LogP contribution in [0.2, 0.25) is 0 Å². The smallest absolute Gasteiger partial charge is 0.377 e. The van der Waals surface area contributed by atoms with Crippen LogP contribution in [0.3, 0.4) is 0 Å². The summed E-state index contributed by atoms with van der Waals surface area (Å²) >= 11 is 0. The molecule has 3 fully saturated rings. The molecule has 0 unspecified atom stereocenters. The molecule has 3 aliphatic rings. The van der Waals surface area contributed by atoms with Crippen molar-refractivity contribution in [3.8, 4) is 6.07 Å². The molecule has 2 aromatic rings. The predicted molar refractivity (Wildman–Crippen MR) is 128 cm³/mol. The van der Waals surface area contributed by atoms with Gasteiger partial charge in [-0.15, -0.1) is 0 Å². The van der Waals surface area contributed by atoms with Crippen molar-refractivity contribution in [1.82, 2.24) is 9.80 Å². The maximum atomic E-state index is 14.9. The summed E-state index contributed by atoms with van der Waals surface area (Å²) in [5.74, 6) is -2.75. The normalized spacial score (nSPS) is 23.3. The SMILES string of the molecule is CN(C(=O)[C@H]1C[C@@]2(C1)C(=O)N(c1ccc(C#N)cc1F)CC(=O)N2Cc1ccc(C(F)(F)F)cc1)C1COC1. The van der Waals surface area contributed by atoms with E-state index in [1.165, 1.54) is 29.2 Å². The van der Waals surface area contributed by atoms with Gasteiger partial charge in [-0.3, -0.25) is 19.3 Å². The number of carbonyl (C=O) groups is 3. The maximum absolute atomic E-state index is 14.9. The van der Waals surface area contributed by atoms with Crippen LogP contribution in [0, 0.1) is 23.1 Å². The first-order valence-electron chi connectivity index (χ1n) is 12.3. The Morgan fingerprint density at radius 2 is 1.82 bits per heavy atom. The zero-order valence-corrected chi connectivity index (χ0v) is 20.9. The third-order valence-electron chi connectivity index (χ3n) is 7.78. The second kappa shape index (κ2) is 9.64. The summed E-state index contributed by atoms with van der Waals surface area (Å²) in [6.07, 6.45) is -4.55. The topological polar surface area (TPSA) is 93.9 Å². The molecule has 0 bridgehead atoms. The van der Waals surface area contributed by atoms with Gasteiger partial charge in [-0.05, 0) is 48.7 Å². The van der Waals surface area contributed by atoms with Crippen LogP contribution in [0.1, 0.15) is 29.5 Å². The van der Waals surface area contributed by atoms with E-state index in [2.05, 4.69) is 0 Å². The highest BCUT2D eigenvalue weighted by atomic mass is 19.4. The van der Waals surface area contributed by atoms with Crippen molar-refractivity contribution in [2.75, 3.05) is 31.7 Å². The molecule has 39 heavy (non-hydrogen) atoms. The first-order valence-corrected chi connectivity index (χ1v) is 12.3. The highest BCUT2D eigenvalue weighted by molar-refractivity contribution is 6.10. The van der Waals surface area contributed by atoms with Crippen LogP contribution < -0.4 is 4.90 Å². The fraction of sp³-hybridized carbons (Fsp3) is 0.407. The van der Waals surface area contributed by atoms with Gasteiger partial charge in [-0.25, -0.2) is 4.39 Å². The summed E-state index contributed by atoms with van der Waals surface area (Å²) in [4.78, 5) is 44.3. The van der Waals surface area contributed by atoms with Crippen molar-refractivity contribution >= 4 is 23.4 Å². The van der Waals surface area contributed by atoms with E-state index in [0.717, 1.165) is 23.1 Å². The Morgan fingerprint density at radius 3 is 2.36 bits per heavy atom. The summed E-state index contributed by atoms with van der Waals surface area (Å²) in [6, 6.07) is 9.58. The van der Waals surface area contributed by atoms with Gasteiger partial charge in [0, 0.05) is 19.5 Å². The van der Waals surface area contributed by atoms with Gasteiger partial charge >= 0.3 is 6.18 Å². The Kier molecular flexibility index (Phi) is 6.58. The minimum Gasteiger partial charge on any atom is -0.377 e. The lowest BCUT2D eigenvalue weighted by atomic mass is 9.64. The largest absolute Gasteiger partial charge is 0.416 e. The van der Waals surface area contributed by atoms with Crippen molar-refractivity contribution < 1.29 is 36.7 Å². The molecule has 2 aliphatic heterocycles. The first kappa shape index (κ1) is 26.6. The average Bonchev–Trinajstić information content (AvgIpc) is 2.83. The Balaban J connectivity index is 1.45. The number of rotatable bonds is 5. The zero-order valence-electron chi connectivity index (χ0n) is 20.9. The van der Waals surface area contributed by atoms with Gasteiger partial charge < -0.3 is 14.5 Å². The molecule has 1 saturated carbocycles. The highest BCUT2D eigenvalue weighted by Gasteiger charge is 2.62. The third kappa shape index (κ3) is 4.61. The summed E-state index contributed by atoms with van der Waals surface area (Å²) in [5, 5.41) is 9.05. The number of nitriles is 1. The number of ether oxygens (including phenoxy) is 1. The van der Waals surface area contributed by atoms with Crippen LogP contribution in [0.25, 0.3) is 0 Å². The summed E-state index contributed by atoms with van der Waals surface area (Å²) in [5.41, 5.74) is -2.07. The minimum absolute atomic E-state index is 0.0106. The monoisotopic (exact) mass is 544 g/mol. The van der Waals surface area contributed by atoms with E-state index in [1.807, 2.05) is 6.07 Å². The van der Waals surface area contributed by atoms with Crippen LogP contribution in [0.5, 0.6) is 0 Å². The van der Waals surface area contributed by atoms with Crippen LogP contribution in [0.4, 0.5) is 23.2 Å². The lowest BCUT2D eigenvalue weighted by molar-refractivity contribution is -0.170. The van der Waals surface area contributed by atoms with Gasteiger partial charge in [0.05, 0.1) is 42.1 Å². The van der Waals surface area contributed by atoms with Gasteiger partial charge in [-0.2, -0.15) is 18.4 Å². The van der Waals surface area contributed by atoms with Crippen LogP contribution in [-0.4, -0.2) is 65.9 Å². The lowest BCUT2D eigenvalue weighted by Gasteiger charge is -2.57. The zero-order chi connectivity index (χ0) is 28.1. The molecule has 5 rings (SSSR count). The van der Waals surface area contributed by atoms with Gasteiger partial charge in [0.15, 0.2) is 0 Å². The second-order valence-electron chi connectivity index (χ2n) is 10.1. The van der Waals surface area contributed by atoms with E-state index in [9.17, 15) is 31.9 Å². The molecule has 2 saturated heterocycles. The maximum Gasteiger partial charge on any atom is 0.416 e. The third-order valence-corrected chi connectivity index (χ3v) is 7.78. The molecule has 12 heteroatoms. The molecular formula is C27H24F4N4O4. The molecule has 204 valence electrons. The number of likely N-dealkylation sites (N-methyl/N-ethyl adjacent to an activating group) is 1. The van der Waals surface area contributed by atoms with Crippen LogP contribution in [-0.2, 0) is 31.8 Å². The Morgan fingerprint density at radius 1 is 1.15 bits per heavy atom. The number of benzene rings is 2. The van der Waals surface area contributed by atoms with E-state index < -0.39 is 47.4 Å². The van der Waals surface area contributed by atoms with Gasteiger partial charge in [0.1, 0.15) is 17.9 Å². The van der Waals surface area contributed by atoms with E-state index in [1.54, 1.807) is 11.9 Å². The predicted octanol–water partition coefficient (Wildman–Crippen LogP) is 3.10. The van der Waals surface area contributed by atoms with Crippen molar-refractivity contribution in [1.29, 1.82) is 5.26 Å². The molecule has 3 amide bonds. The van der Waals surface area contributed by atoms with Crippen LogP contribution in [0.15, 0.2) is 42.5 Å². The average molecular weight is 545 g/mol. The molecule has 0 aromatic heterocycles. The number of nitrogens with zero attached hydrogens (tertiary/aromatic N) is 4. The molecule has 0 atom stereocenters. The van der Waals surface area contributed by atoms with E-state index in [0.29, 0.717) is 18.8 Å². The number of alkyl halides is 3. The molecule has 1 spiro atoms. The fourth-order valence-corrected chi connectivity index (χ4v) is 5.35. The first-order chi connectivity index (χ1) is 18.4. The summed E-state index contributed by atoms with van der Waals surface area (Å²) in [6.45, 7) is 0.161. The van der Waals surface area contributed by atoms with Gasteiger partial charge in [-0.1, -0.05) is 12.1 Å². The molecule has 8 nitrogen and oxygen atoms in total. The van der Waals surface area contributed by atoms with Crippen molar-refractivity contribution in [2.45, 2.75) is 37.1 Å². The van der Waals surface area contributed by atoms with E-state index in [-0.39, 0.29) is 42.6 Å². The van der Waals surface area contributed by atoms with Crippen molar-refractivity contribution in [3.05, 3.63) is 65.0 Å². The number of hydrogen-bond acceptors (Lipinski definition) is 5. The molecule has 0 radical (unpaired) electrons. The Bertz CT molecular complexity index is 1360. The van der Waals surface area contributed by atoms with Gasteiger partial charge in [0.2, 0.25) is 11.8 Å². The number of piperazine rings is 1. The fourth-order valence-electron chi connectivity index (χ4n) is 5.35. The molecular weight excluding hydrogens is 520 g/mol. The standard InChI is InChI=1S/C27H24F4N4O4/c1-33(20-14-39-15-20)24(37)18-9-26(10-18)25(38)34(22-7-4-17(11-32)8-21(22)28)13-23(36)35(26)12-16-2-5-19(6-3-16)27(29,30)31/h2-8,18,20H,9-10,12-15H2,1H3/t18-,26+. The number of carbonyl (C=O) groups excluding carboxylic acids is 3. The number of amides is 3. The van der Waals surface area contributed by atoms with Gasteiger partial charge in [0.25, 0.3) is 5.91 Å². The number of anilines is 1. The van der Waals surface area contributed by atoms with Crippen LogP contribution >= 0.6 is 0 Å². The molecule has 2 aromatic carbocycles. The summed E-state index contributed by atoms with van der Waals surface area (Å²) < 4.78 is 59.1. The summed E-state index contributed by atoms with van der Waals surface area (Å²) in [7, 11) is 1.65. The Labute approximate surface area is 221 Å². The van der Waals surface area contributed by atoms with Crippen molar-refractivity contribution in [2.24, 2.45) is 5.92 Å². The number of halogens is 4. The second-order valence-corrected chi connectivity index (χ2v) is 10.1. The lowest BCUT2D eigenvalue weighted by Crippen LogP contribution is -2.74. The molecule has 2 heterocycles. The quantitative estimate of drug-likeness (QED) is 0.540. The highest BCUT2D eigenvalue weighted by Crippen LogP contribution is 2.48. The molecule has 0 N–H and O–H groups in total. The number of hydrogen-bond donors (Lipinski definition) is 0. The van der Waals surface area contributed by atoms with Crippen molar-refractivity contribution in [3.63, 3.8) is 0 Å².